The van der Waals surface area contributed by atoms with Gasteiger partial charge in [-0.2, -0.15) is 0 Å². The summed E-state index contributed by atoms with van der Waals surface area (Å²) in [6, 6.07) is 23.4. The smallest absolute Gasteiger partial charge is 0.316 e. The first-order valence-corrected chi connectivity index (χ1v) is 15.8. The van der Waals surface area contributed by atoms with Crippen molar-refractivity contribution in [3.8, 4) is 21.8 Å². The van der Waals surface area contributed by atoms with Crippen molar-refractivity contribution in [2.45, 2.75) is 38.3 Å². The first-order chi connectivity index (χ1) is 21.8. The topological polar surface area (TPSA) is 122 Å². The standard InChI is InChI=1S/C35H33N5O4S/c1-23(41)40(20-6-10-31(40)33(36)43)28-17-13-26(14-18-28)35-38-29(22-45-35)25-11-15-27(16-12-25)37-34(44)30-9-5-19-39(30)32(42)21-24-7-3-2-4-8-24/h2-5,7-9,11-18,22,30-31H,6,10,19-21H2,1H3,(H2-,36,37,43,44)/p+1/t30-,31-,40?/m0/s1. The summed E-state index contributed by atoms with van der Waals surface area (Å²) in [7, 11) is 0. The molecule has 9 nitrogen and oxygen atoms in total. The number of aromatic nitrogens is 1. The largest absolute Gasteiger partial charge is 0.364 e. The normalized spacial score (nSPS) is 20.7. The second-order valence-corrected chi connectivity index (χ2v) is 12.3. The van der Waals surface area contributed by atoms with Gasteiger partial charge < -0.3 is 16.0 Å². The van der Waals surface area contributed by atoms with Crippen molar-refractivity contribution >= 4 is 46.3 Å². The molecule has 3 aromatic carbocycles. The Morgan fingerprint density at radius 1 is 0.978 bits per heavy atom. The van der Waals surface area contributed by atoms with E-state index in [2.05, 4.69) is 5.32 Å². The molecule has 1 saturated heterocycles. The van der Waals surface area contributed by atoms with Crippen LogP contribution in [0.4, 0.5) is 11.4 Å². The maximum absolute atomic E-state index is 13.1. The molecule has 2 aliphatic rings. The van der Waals surface area contributed by atoms with Crippen molar-refractivity contribution in [3.05, 3.63) is 102 Å². The molecule has 3 N–H and O–H groups in total. The summed E-state index contributed by atoms with van der Waals surface area (Å²) in [5, 5.41) is 5.73. The maximum atomic E-state index is 13.1. The number of nitrogens with two attached hydrogens (primary N) is 1. The molecule has 6 rings (SSSR count). The minimum atomic E-state index is -0.659. The van der Waals surface area contributed by atoms with E-state index < -0.39 is 18.0 Å². The number of thiazole rings is 1. The lowest BCUT2D eigenvalue weighted by molar-refractivity contribution is -0.135. The van der Waals surface area contributed by atoms with Crippen molar-refractivity contribution in [3.63, 3.8) is 0 Å². The fourth-order valence-electron chi connectivity index (χ4n) is 6.37. The minimum Gasteiger partial charge on any atom is -0.364 e. The Balaban J connectivity index is 1.11. The van der Waals surface area contributed by atoms with Crippen LogP contribution >= 0.6 is 11.3 Å². The van der Waals surface area contributed by atoms with E-state index in [1.54, 1.807) is 11.0 Å². The molecule has 0 aliphatic carbocycles. The number of anilines is 1. The van der Waals surface area contributed by atoms with Crippen molar-refractivity contribution in [2.24, 2.45) is 5.73 Å². The number of quaternary nitrogens is 1. The highest BCUT2D eigenvalue weighted by atomic mass is 32.1. The van der Waals surface area contributed by atoms with Gasteiger partial charge in [-0.3, -0.25) is 14.4 Å². The molecule has 0 saturated carbocycles. The molecule has 4 aromatic rings. The van der Waals surface area contributed by atoms with Crippen LogP contribution in [0.3, 0.4) is 0 Å². The number of nitrogens with one attached hydrogen (secondary N) is 1. The fraction of sp³-hybridized carbons (Fsp3) is 0.229. The molecular weight excluding hydrogens is 586 g/mol. The first kappa shape index (κ1) is 30.1. The highest BCUT2D eigenvalue weighted by Crippen LogP contribution is 2.37. The van der Waals surface area contributed by atoms with Crippen LogP contribution in [0.15, 0.2) is 96.4 Å². The zero-order valence-corrected chi connectivity index (χ0v) is 25.7. The molecule has 4 amide bonds. The summed E-state index contributed by atoms with van der Waals surface area (Å²) in [5.74, 6) is -0.897. The third-order valence-corrected chi connectivity index (χ3v) is 9.57. The van der Waals surface area contributed by atoms with Gasteiger partial charge in [-0.1, -0.05) is 54.6 Å². The van der Waals surface area contributed by atoms with Crippen LogP contribution in [0, 0.1) is 0 Å². The Morgan fingerprint density at radius 2 is 1.69 bits per heavy atom. The molecule has 1 aromatic heterocycles. The van der Waals surface area contributed by atoms with Gasteiger partial charge in [-0.05, 0) is 29.8 Å². The van der Waals surface area contributed by atoms with Crippen LogP contribution in [-0.4, -0.2) is 58.7 Å². The number of amides is 4. The molecule has 3 heterocycles. The van der Waals surface area contributed by atoms with Gasteiger partial charge in [-0.25, -0.2) is 14.3 Å². The van der Waals surface area contributed by atoms with Crippen LogP contribution < -0.4 is 15.5 Å². The lowest BCUT2D eigenvalue weighted by Crippen LogP contribution is -2.60. The zero-order chi connectivity index (χ0) is 31.6. The predicted octanol–water partition coefficient (Wildman–Crippen LogP) is 4.93. The van der Waals surface area contributed by atoms with E-state index in [0.29, 0.717) is 25.2 Å². The molecule has 0 radical (unpaired) electrons. The number of hydrogen-bond acceptors (Lipinski definition) is 6. The molecule has 0 bridgehead atoms. The number of carbonyl (C=O) groups is 4. The third kappa shape index (κ3) is 5.94. The summed E-state index contributed by atoms with van der Waals surface area (Å²) < 4.78 is -0.0410. The zero-order valence-electron chi connectivity index (χ0n) is 24.9. The molecule has 10 heteroatoms. The number of hydrogen-bond donors (Lipinski definition) is 2. The fourth-order valence-corrected chi connectivity index (χ4v) is 7.20. The monoisotopic (exact) mass is 620 g/mol. The van der Waals surface area contributed by atoms with E-state index >= 15 is 0 Å². The molecule has 0 spiro atoms. The number of primary amides is 1. The highest BCUT2D eigenvalue weighted by molar-refractivity contribution is 7.13. The second kappa shape index (κ2) is 12.6. The average molecular weight is 621 g/mol. The van der Waals surface area contributed by atoms with E-state index in [1.807, 2.05) is 90.3 Å². The molecule has 228 valence electrons. The van der Waals surface area contributed by atoms with Crippen LogP contribution in [0.1, 0.15) is 25.3 Å². The highest BCUT2D eigenvalue weighted by Gasteiger charge is 2.51. The van der Waals surface area contributed by atoms with Crippen LogP contribution in [0.25, 0.3) is 21.8 Å². The number of rotatable bonds is 8. The maximum Gasteiger partial charge on any atom is 0.316 e. The van der Waals surface area contributed by atoms with E-state index in [4.69, 9.17) is 10.7 Å². The SMILES string of the molecule is CC(=O)[N+]1(c2ccc(-c3nc(-c4ccc(NC(=O)[C@@H]5C=CCN5C(=O)Cc5ccccc5)cc4)cs3)cc2)CCC[C@H]1C(N)=O. The van der Waals surface area contributed by atoms with Gasteiger partial charge in [-0.15, -0.1) is 11.3 Å². The van der Waals surface area contributed by atoms with Crippen LogP contribution in [0.5, 0.6) is 0 Å². The van der Waals surface area contributed by atoms with Gasteiger partial charge in [0.2, 0.25) is 5.91 Å². The molecule has 45 heavy (non-hydrogen) atoms. The van der Waals surface area contributed by atoms with Crippen LogP contribution in [-0.2, 0) is 25.6 Å². The number of nitrogens with zero attached hydrogens (tertiary/aromatic N) is 3. The van der Waals surface area contributed by atoms with Gasteiger partial charge in [0.25, 0.3) is 11.8 Å². The average Bonchev–Trinajstić information content (AvgIpc) is 3.82. The summed E-state index contributed by atoms with van der Waals surface area (Å²) in [6.45, 7) is 2.48. The first-order valence-electron chi connectivity index (χ1n) is 14.9. The summed E-state index contributed by atoms with van der Waals surface area (Å²) in [4.78, 5) is 57.3. The van der Waals surface area contributed by atoms with Crippen molar-refractivity contribution in [1.82, 2.24) is 14.4 Å². The Kier molecular flexibility index (Phi) is 8.42. The Labute approximate surface area is 265 Å². The lowest BCUT2D eigenvalue weighted by atomic mass is 10.1. The molecular formula is C35H34N5O4S+. The predicted molar refractivity (Wildman–Crippen MR) is 176 cm³/mol. The van der Waals surface area contributed by atoms with E-state index in [-0.39, 0.29) is 28.6 Å². The van der Waals surface area contributed by atoms with Crippen molar-refractivity contribution < 1.29 is 19.2 Å². The summed E-state index contributed by atoms with van der Waals surface area (Å²) in [6.07, 6.45) is 5.21. The molecule has 1 unspecified atom stereocenters. The van der Waals surface area contributed by atoms with Gasteiger partial charge >= 0.3 is 5.91 Å². The molecule has 3 atom stereocenters. The van der Waals surface area contributed by atoms with Gasteiger partial charge in [0.1, 0.15) is 16.7 Å². The Hall–Kier alpha value is -4.93. The lowest BCUT2D eigenvalue weighted by Gasteiger charge is -2.34. The second-order valence-electron chi connectivity index (χ2n) is 11.4. The van der Waals surface area contributed by atoms with Gasteiger partial charge in [0.05, 0.1) is 25.6 Å². The van der Waals surface area contributed by atoms with E-state index in [1.165, 1.54) is 18.3 Å². The molecule has 2 aliphatic heterocycles. The van der Waals surface area contributed by atoms with E-state index in [0.717, 1.165) is 39.5 Å². The number of likely N-dealkylation sites (tertiary alicyclic amines) is 1. The van der Waals surface area contributed by atoms with Crippen LogP contribution in [0.2, 0.25) is 0 Å². The van der Waals surface area contributed by atoms with Crippen molar-refractivity contribution in [1.29, 1.82) is 0 Å². The van der Waals surface area contributed by atoms with E-state index in [9.17, 15) is 19.2 Å². The molecule has 1 fully saturated rings. The number of benzene rings is 3. The summed E-state index contributed by atoms with van der Waals surface area (Å²) >= 11 is 1.51. The van der Waals surface area contributed by atoms with Crippen molar-refractivity contribution in [2.75, 3.05) is 18.4 Å². The van der Waals surface area contributed by atoms with Gasteiger partial charge in [0.15, 0.2) is 6.04 Å². The number of carbonyl (C=O) groups excluding carboxylic acids is 4. The Morgan fingerprint density at radius 3 is 2.38 bits per heavy atom. The Bertz CT molecular complexity index is 1770. The summed E-state index contributed by atoms with van der Waals surface area (Å²) in [5.41, 5.74) is 10.6. The van der Waals surface area contributed by atoms with Gasteiger partial charge in [0, 0.05) is 53.7 Å². The third-order valence-electron chi connectivity index (χ3n) is 8.68. The quantitative estimate of drug-likeness (QED) is 0.214. The minimum absolute atomic E-state index is 0.0410.